The maximum Gasteiger partial charge on any atom is 0.299 e. The summed E-state index contributed by atoms with van der Waals surface area (Å²) >= 11 is 0. The van der Waals surface area contributed by atoms with E-state index in [2.05, 4.69) is 0 Å². The molecule has 1 aromatic rings. The van der Waals surface area contributed by atoms with Crippen molar-refractivity contribution in [3.8, 4) is 0 Å². The third-order valence-corrected chi connectivity index (χ3v) is 2.71. The lowest BCUT2D eigenvalue weighted by atomic mass is 10.1. The van der Waals surface area contributed by atoms with E-state index >= 15 is 0 Å². The molecule has 96 valence electrons. The molecule has 0 saturated heterocycles. The van der Waals surface area contributed by atoms with Gasteiger partial charge < -0.3 is 9.64 Å². The van der Waals surface area contributed by atoms with E-state index in [4.69, 9.17) is 4.74 Å². The number of hydrogen-bond donors (Lipinski definition) is 0. The van der Waals surface area contributed by atoms with Gasteiger partial charge >= 0.3 is 0 Å². The molecule has 0 atom stereocenters. The van der Waals surface area contributed by atoms with Crippen LogP contribution in [0.1, 0.15) is 16.8 Å². The van der Waals surface area contributed by atoms with Gasteiger partial charge in [-0.2, -0.15) is 0 Å². The number of ketones is 1. The van der Waals surface area contributed by atoms with Gasteiger partial charge in [-0.25, -0.2) is 8.78 Å². The van der Waals surface area contributed by atoms with E-state index in [1.165, 1.54) is 7.11 Å². The minimum Gasteiger partial charge on any atom is -0.385 e. The zero-order chi connectivity index (χ0) is 13.3. The summed E-state index contributed by atoms with van der Waals surface area (Å²) in [6.07, 6.45) is 0.464. The van der Waals surface area contributed by atoms with Crippen molar-refractivity contribution in [3.05, 3.63) is 29.3 Å². The second-order valence-electron chi connectivity index (χ2n) is 3.92. The van der Waals surface area contributed by atoms with Crippen LogP contribution in [0.4, 0.5) is 14.5 Å². The van der Waals surface area contributed by atoms with E-state index in [1.807, 2.05) is 0 Å². The third-order valence-electron chi connectivity index (χ3n) is 2.71. The van der Waals surface area contributed by atoms with Gasteiger partial charge in [-0.15, -0.1) is 0 Å². The topological polar surface area (TPSA) is 46.6 Å². The van der Waals surface area contributed by atoms with E-state index in [0.717, 1.165) is 11.0 Å². The lowest BCUT2D eigenvalue weighted by Crippen LogP contribution is -2.31. The number of amides is 1. The number of anilines is 1. The second kappa shape index (κ2) is 4.81. The monoisotopic (exact) mass is 255 g/mol. The highest BCUT2D eigenvalue weighted by Gasteiger charge is 2.38. The fourth-order valence-corrected chi connectivity index (χ4v) is 1.93. The molecule has 0 aliphatic carbocycles. The number of benzene rings is 1. The Hall–Kier alpha value is -1.82. The fourth-order valence-electron chi connectivity index (χ4n) is 1.93. The van der Waals surface area contributed by atoms with Crippen molar-refractivity contribution in [3.63, 3.8) is 0 Å². The molecule has 1 aromatic carbocycles. The molecule has 18 heavy (non-hydrogen) atoms. The number of nitrogens with zero attached hydrogens (tertiary/aromatic N) is 1. The molecule has 0 saturated carbocycles. The van der Waals surface area contributed by atoms with Crippen molar-refractivity contribution >= 4 is 17.4 Å². The molecular formula is C12H11F2NO3. The molecule has 0 unspecified atom stereocenters. The van der Waals surface area contributed by atoms with Gasteiger partial charge in [0, 0.05) is 26.3 Å². The van der Waals surface area contributed by atoms with Gasteiger partial charge in [0.1, 0.15) is 5.82 Å². The van der Waals surface area contributed by atoms with Crippen LogP contribution in [0.15, 0.2) is 12.1 Å². The number of ether oxygens (including phenoxy) is 1. The van der Waals surface area contributed by atoms with Crippen LogP contribution in [0.2, 0.25) is 0 Å². The molecule has 0 fully saturated rings. The molecule has 2 rings (SSSR count). The lowest BCUT2D eigenvalue weighted by molar-refractivity contribution is -0.114. The van der Waals surface area contributed by atoms with Crippen LogP contribution < -0.4 is 4.90 Å². The van der Waals surface area contributed by atoms with Crippen molar-refractivity contribution in [1.82, 2.24) is 0 Å². The summed E-state index contributed by atoms with van der Waals surface area (Å²) in [5.41, 5.74) is -0.350. The summed E-state index contributed by atoms with van der Waals surface area (Å²) in [5.74, 6) is -3.47. The molecule has 0 aromatic heterocycles. The van der Waals surface area contributed by atoms with Crippen molar-refractivity contribution in [2.75, 3.05) is 25.2 Å². The lowest BCUT2D eigenvalue weighted by Gasteiger charge is -2.16. The first kappa shape index (κ1) is 12.6. The Labute approximate surface area is 102 Å². The van der Waals surface area contributed by atoms with Gasteiger partial charge in [0.05, 0.1) is 11.3 Å². The van der Waals surface area contributed by atoms with Crippen molar-refractivity contribution in [2.45, 2.75) is 6.42 Å². The molecule has 1 aliphatic rings. The third kappa shape index (κ3) is 1.99. The second-order valence-corrected chi connectivity index (χ2v) is 3.92. The van der Waals surface area contributed by atoms with Crippen LogP contribution in [0.3, 0.4) is 0 Å². The van der Waals surface area contributed by atoms with Crippen LogP contribution >= 0.6 is 0 Å². The summed E-state index contributed by atoms with van der Waals surface area (Å²) in [5, 5.41) is 0. The molecule has 1 amide bonds. The van der Waals surface area contributed by atoms with E-state index in [0.29, 0.717) is 19.1 Å². The largest absolute Gasteiger partial charge is 0.385 e. The van der Waals surface area contributed by atoms with Crippen LogP contribution in [-0.2, 0) is 9.53 Å². The van der Waals surface area contributed by atoms with Gasteiger partial charge in [0.25, 0.3) is 11.7 Å². The fraction of sp³-hybridized carbons (Fsp3) is 0.333. The average molecular weight is 255 g/mol. The van der Waals surface area contributed by atoms with Gasteiger partial charge in [0.2, 0.25) is 0 Å². The van der Waals surface area contributed by atoms with E-state index in [1.54, 1.807) is 0 Å². The number of carbonyl (C=O) groups is 2. The summed E-state index contributed by atoms with van der Waals surface area (Å²) in [6, 6.07) is 1.54. The molecule has 0 bridgehead atoms. The molecule has 0 radical (unpaired) electrons. The Kier molecular flexibility index (Phi) is 3.38. The molecule has 1 heterocycles. The predicted molar refractivity (Wildman–Crippen MR) is 59.5 cm³/mol. The van der Waals surface area contributed by atoms with Gasteiger partial charge in [0.15, 0.2) is 5.82 Å². The molecule has 0 N–H and O–H groups in total. The first-order chi connectivity index (χ1) is 8.56. The number of fused-ring (bicyclic) bond motifs is 1. The Balaban J connectivity index is 2.36. The average Bonchev–Trinajstić information content (AvgIpc) is 2.55. The maximum absolute atomic E-state index is 13.6. The predicted octanol–water partition coefficient (Wildman–Crippen LogP) is 1.53. The Morgan fingerprint density at radius 2 is 2.00 bits per heavy atom. The van der Waals surface area contributed by atoms with E-state index < -0.39 is 23.3 Å². The van der Waals surface area contributed by atoms with Crippen molar-refractivity contribution in [2.24, 2.45) is 0 Å². The molecule has 1 aliphatic heterocycles. The summed E-state index contributed by atoms with van der Waals surface area (Å²) in [7, 11) is 1.50. The Morgan fingerprint density at radius 1 is 1.28 bits per heavy atom. The standard InChI is InChI=1S/C12H11F2NO3/c1-18-4-2-3-15-10-8(11(16)12(15)17)5-7(13)6-9(10)14/h5-6H,2-4H2,1H3. The Bertz CT molecular complexity index is 516. The van der Waals surface area contributed by atoms with Gasteiger partial charge in [-0.05, 0) is 12.5 Å². The van der Waals surface area contributed by atoms with Gasteiger partial charge in [-0.3, -0.25) is 9.59 Å². The minimum atomic E-state index is -0.901. The number of carbonyl (C=O) groups excluding carboxylic acids is 2. The molecular weight excluding hydrogens is 244 g/mol. The van der Waals surface area contributed by atoms with E-state index in [9.17, 15) is 18.4 Å². The minimum absolute atomic E-state index is 0.137. The molecule has 4 nitrogen and oxygen atoms in total. The first-order valence-corrected chi connectivity index (χ1v) is 5.40. The quantitative estimate of drug-likeness (QED) is 0.605. The molecule has 0 spiro atoms. The van der Waals surface area contributed by atoms with Gasteiger partial charge in [-0.1, -0.05) is 0 Å². The number of Topliss-reactive ketones (excluding diaryl/α,β-unsaturated/α-hetero) is 1. The van der Waals surface area contributed by atoms with Crippen LogP contribution in [0.5, 0.6) is 0 Å². The van der Waals surface area contributed by atoms with Crippen LogP contribution in [-0.4, -0.2) is 32.0 Å². The first-order valence-electron chi connectivity index (χ1n) is 5.40. The highest BCUT2D eigenvalue weighted by molar-refractivity contribution is 6.52. The molecule has 6 heteroatoms. The van der Waals surface area contributed by atoms with E-state index in [-0.39, 0.29) is 17.8 Å². The maximum atomic E-state index is 13.6. The van der Waals surface area contributed by atoms with Crippen LogP contribution in [0, 0.1) is 11.6 Å². The number of methoxy groups -OCH3 is 1. The summed E-state index contributed by atoms with van der Waals surface area (Å²) in [6.45, 7) is 0.546. The number of hydrogen-bond acceptors (Lipinski definition) is 3. The highest BCUT2D eigenvalue weighted by atomic mass is 19.1. The van der Waals surface area contributed by atoms with Crippen molar-refractivity contribution in [1.29, 1.82) is 0 Å². The van der Waals surface area contributed by atoms with Crippen molar-refractivity contribution < 1.29 is 23.1 Å². The normalized spacial score (nSPS) is 14.3. The zero-order valence-corrected chi connectivity index (χ0v) is 9.70. The van der Waals surface area contributed by atoms with Crippen LogP contribution in [0.25, 0.3) is 0 Å². The number of halogens is 2. The zero-order valence-electron chi connectivity index (χ0n) is 9.70. The highest BCUT2D eigenvalue weighted by Crippen LogP contribution is 2.32. The smallest absolute Gasteiger partial charge is 0.299 e. The Morgan fingerprint density at radius 3 is 2.67 bits per heavy atom. The summed E-state index contributed by atoms with van der Waals surface area (Å²) < 4.78 is 31.5. The number of rotatable bonds is 4. The summed E-state index contributed by atoms with van der Waals surface area (Å²) in [4.78, 5) is 24.3. The SMILES string of the molecule is COCCCN1C(=O)C(=O)c2cc(F)cc(F)c21.